The molecule has 0 spiro atoms. The Labute approximate surface area is 108 Å². The summed E-state index contributed by atoms with van der Waals surface area (Å²) in [5.41, 5.74) is 0.718. The molecule has 6 heteroatoms. The lowest BCUT2D eigenvalue weighted by molar-refractivity contribution is -0.384. The lowest BCUT2D eigenvalue weighted by Crippen LogP contribution is -1.97. The van der Waals surface area contributed by atoms with Gasteiger partial charge in [0.2, 0.25) is 0 Å². The molecule has 0 aliphatic rings. The lowest BCUT2D eigenvalue weighted by Gasteiger charge is -2.06. The highest BCUT2D eigenvalue weighted by Gasteiger charge is 2.07. The fourth-order valence-electron chi connectivity index (χ4n) is 1.37. The molecule has 0 saturated carbocycles. The number of aromatic nitrogens is 1. The van der Waals surface area contributed by atoms with Gasteiger partial charge in [-0.25, -0.2) is 4.98 Å². The van der Waals surface area contributed by atoms with Crippen molar-refractivity contribution in [1.29, 1.82) is 0 Å². The van der Waals surface area contributed by atoms with Crippen LogP contribution in [0.15, 0.2) is 42.6 Å². The van der Waals surface area contributed by atoms with Crippen LogP contribution in [0.1, 0.15) is 5.56 Å². The Morgan fingerprint density at radius 2 is 2.17 bits per heavy atom. The molecule has 0 unspecified atom stereocenters. The molecule has 0 N–H and O–H groups in total. The van der Waals surface area contributed by atoms with Crippen molar-refractivity contribution in [1.82, 2.24) is 4.98 Å². The zero-order valence-electron chi connectivity index (χ0n) is 9.25. The van der Waals surface area contributed by atoms with Crippen molar-refractivity contribution >= 4 is 17.3 Å². The zero-order chi connectivity index (χ0) is 13.0. The molecular weight excluding hydrogens is 256 g/mol. The summed E-state index contributed by atoms with van der Waals surface area (Å²) in [6.45, 7) is 0.216. The van der Waals surface area contributed by atoms with E-state index in [2.05, 4.69) is 4.98 Å². The molecule has 2 aromatic rings. The van der Waals surface area contributed by atoms with Crippen LogP contribution in [0.4, 0.5) is 5.69 Å². The minimum absolute atomic E-state index is 0.00946. The van der Waals surface area contributed by atoms with Gasteiger partial charge in [0, 0.05) is 17.8 Å². The van der Waals surface area contributed by atoms with Crippen LogP contribution >= 0.6 is 11.6 Å². The average Bonchev–Trinajstić information content (AvgIpc) is 2.38. The van der Waals surface area contributed by atoms with Gasteiger partial charge in [-0.15, -0.1) is 0 Å². The van der Waals surface area contributed by atoms with Crippen LogP contribution < -0.4 is 4.74 Å². The summed E-state index contributed by atoms with van der Waals surface area (Å²) in [5, 5.41) is 11.0. The zero-order valence-corrected chi connectivity index (χ0v) is 10.0. The van der Waals surface area contributed by atoms with Gasteiger partial charge in [0.25, 0.3) is 5.69 Å². The summed E-state index contributed by atoms with van der Waals surface area (Å²) in [6, 6.07) is 9.52. The largest absolute Gasteiger partial charge is 0.489 e. The van der Waals surface area contributed by atoms with Crippen LogP contribution in [-0.2, 0) is 6.61 Å². The molecule has 0 radical (unpaired) electrons. The van der Waals surface area contributed by atoms with Crippen molar-refractivity contribution in [2.75, 3.05) is 0 Å². The van der Waals surface area contributed by atoms with Crippen molar-refractivity contribution in [3.05, 3.63) is 63.4 Å². The van der Waals surface area contributed by atoms with E-state index in [1.165, 1.54) is 12.1 Å². The SMILES string of the molecule is O=[N+]([O-])c1cccc(OCc2cccnc2Cl)c1. The topological polar surface area (TPSA) is 65.3 Å². The molecule has 0 aliphatic carbocycles. The van der Waals surface area contributed by atoms with Gasteiger partial charge >= 0.3 is 0 Å². The Hall–Kier alpha value is -2.14. The number of nitro groups is 1. The molecule has 92 valence electrons. The average molecular weight is 265 g/mol. The van der Waals surface area contributed by atoms with Gasteiger partial charge < -0.3 is 4.74 Å². The van der Waals surface area contributed by atoms with Crippen LogP contribution in [0.5, 0.6) is 5.75 Å². The molecule has 0 atom stereocenters. The number of nitrogens with zero attached hydrogens (tertiary/aromatic N) is 2. The number of pyridine rings is 1. The normalized spacial score (nSPS) is 10.1. The van der Waals surface area contributed by atoms with Crippen molar-refractivity contribution in [3.63, 3.8) is 0 Å². The van der Waals surface area contributed by atoms with E-state index < -0.39 is 4.92 Å². The number of non-ortho nitro benzene ring substituents is 1. The van der Waals surface area contributed by atoms with Crippen LogP contribution in [0.2, 0.25) is 5.15 Å². The lowest BCUT2D eigenvalue weighted by atomic mass is 10.3. The molecule has 5 nitrogen and oxygen atoms in total. The van der Waals surface area contributed by atoms with Crippen molar-refractivity contribution in [2.24, 2.45) is 0 Å². The first-order chi connectivity index (χ1) is 8.66. The molecule has 18 heavy (non-hydrogen) atoms. The van der Waals surface area contributed by atoms with Gasteiger partial charge in [-0.05, 0) is 12.1 Å². The molecule has 1 aromatic heterocycles. The Morgan fingerprint density at radius 1 is 1.33 bits per heavy atom. The van der Waals surface area contributed by atoms with E-state index in [0.717, 1.165) is 5.56 Å². The third-order valence-electron chi connectivity index (χ3n) is 2.26. The number of halogens is 1. The van der Waals surface area contributed by atoms with Gasteiger partial charge in [-0.2, -0.15) is 0 Å². The molecular formula is C12H9ClN2O3. The number of nitro benzene ring substituents is 1. The van der Waals surface area contributed by atoms with E-state index in [-0.39, 0.29) is 12.3 Å². The predicted octanol–water partition coefficient (Wildman–Crippen LogP) is 3.22. The molecule has 1 heterocycles. The summed E-state index contributed by atoms with van der Waals surface area (Å²) in [7, 11) is 0. The molecule has 0 aliphatic heterocycles. The first kappa shape index (κ1) is 12.3. The van der Waals surface area contributed by atoms with Crippen molar-refractivity contribution in [3.8, 4) is 5.75 Å². The minimum Gasteiger partial charge on any atom is -0.489 e. The highest BCUT2D eigenvalue weighted by atomic mass is 35.5. The fraction of sp³-hybridized carbons (Fsp3) is 0.0833. The summed E-state index contributed by atoms with van der Waals surface area (Å²) >= 11 is 5.87. The minimum atomic E-state index is -0.468. The predicted molar refractivity (Wildman–Crippen MR) is 66.7 cm³/mol. The van der Waals surface area contributed by atoms with E-state index in [4.69, 9.17) is 16.3 Å². The monoisotopic (exact) mass is 264 g/mol. The second-order valence-electron chi connectivity index (χ2n) is 3.50. The maximum Gasteiger partial charge on any atom is 0.273 e. The van der Waals surface area contributed by atoms with Crippen LogP contribution in [0.25, 0.3) is 0 Å². The highest BCUT2D eigenvalue weighted by Crippen LogP contribution is 2.21. The maximum absolute atomic E-state index is 10.6. The molecule has 0 bridgehead atoms. The Bertz CT molecular complexity index is 575. The second kappa shape index (κ2) is 5.46. The van der Waals surface area contributed by atoms with E-state index >= 15 is 0 Å². The molecule has 0 fully saturated rings. The summed E-state index contributed by atoms with van der Waals surface area (Å²) in [5.74, 6) is 0.420. The van der Waals surface area contributed by atoms with Crippen LogP contribution in [0.3, 0.4) is 0 Å². The van der Waals surface area contributed by atoms with E-state index in [1.54, 1.807) is 30.5 Å². The number of hydrogen-bond acceptors (Lipinski definition) is 4. The van der Waals surface area contributed by atoms with E-state index in [1.807, 2.05) is 0 Å². The molecule has 1 aromatic carbocycles. The van der Waals surface area contributed by atoms with Gasteiger partial charge in [0.15, 0.2) is 0 Å². The molecule has 2 rings (SSSR count). The van der Waals surface area contributed by atoms with Gasteiger partial charge in [-0.1, -0.05) is 23.7 Å². The summed E-state index contributed by atoms with van der Waals surface area (Å²) < 4.78 is 5.43. The maximum atomic E-state index is 10.6. The third-order valence-corrected chi connectivity index (χ3v) is 2.60. The first-order valence-corrected chi connectivity index (χ1v) is 5.51. The van der Waals surface area contributed by atoms with Crippen LogP contribution in [-0.4, -0.2) is 9.91 Å². The number of rotatable bonds is 4. The summed E-state index contributed by atoms with van der Waals surface area (Å²) in [4.78, 5) is 14.0. The number of hydrogen-bond donors (Lipinski definition) is 0. The Morgan fingerprint density at radius 3 is 2.89 bits per heavy atom. The van der Waals surface area contributed by atoms with Gasteiger partial charge in [0.1, 0.15) is 17.5 Å². The highest BCUT2D eigenvalue weighted by molar-refractivity contribution is 6.30. The summed E-state index contributed by atoms with van der Waals surface area (Å²) in [6.07, 6.45) is 1.58. The second-order valence-corrected chi connectivity index (χ2v) is 3.85. The molecule has 0 amide bonds. The quantitative estimate of drug-likeness (QED) is 0.483. The van der Waals surface area contributed by atoms with E-state index in [9.17, 15) is 10.1 Å². The van der Waals surface area contributed by atoms with Crippen molar-refractivity contribution < 1.29 is 9.66 Å². The fourth-order valence-corrected chi connectivity index (χ4v) is 1.55. The Balaban J connectivity index is 2.09. The third kappa shape index (κ3) is 2.95. The smallest absolute Gasteiger partial charge is 0.273 e. The number of benzene rings is 1. The molecule has 0 saturated heterocycles. The first-order valence-electron chi connectivity index (χ1n) is 5.13. The Kier molecular flexibility index (Phi) is 3.74. The van der Waals surface area contributed by atoms with Crippen LogP contribution in [0, 0.1) is 10.1 Å². The van der Waals surface area contributed by atoms with Crippen molar-refractivity contribution in [2.45, 2.75) is 6.61 Å². The standard InChI is InChI=1S/C12H9ClN2O3/c13-12-9(3-2-6-14-12)8-18-11-5-1-4-10(7-11)15(16)17/h1-7H,8H2. The van der Waals surface area contributed by atoms with E-state index in [0.29, 0.717) is 10.9 Å². The van der Waals surface area contributed by atoms with Gasteiger partial charge in [0.05, 0.1) is 11.0 Å². The number of ether oxygens (including phenoxy) is 1. The van der Waals surface area contributed by atoms with Gasteiger partial charge in [-0.3, -0.25) is 10.1 Å².